The van der Waals surface area contributed by atoms with E-state index in [1.54, 1.807) is 6.07 Å². The molecule has 0 atom stereocenters. The Hall–Kier alpha value is -1.40. The quantitative estimate of drug-likeness (QED) is 0.795. The highest BCUT2D eigenvalue weighted by molar-refractivity contribution is 5.92. The number of amides is 1. The van der Waals surface area contributed by atoms with Crippen molar-refractivity contribution in [1.29, 1.82) is 0 Å². The summed E-state index contributed by atoms with van der Waals surface area (Å²) in [5, 5.41) is 6.66. The molecule has 1 amide bonds. The molecule has 1 fully saturated rings. The predicted octanol–water partition coefficient (Wildman–Crippen LogP) is 1.25. The van der Waals surface area contributed by atoms with Gasteiger partial charge in [-0.3, -0.25) is 9.69 Å². The summed E-state index contributed by atoms with van der Waals surface area (Å²) in [5.74, 6) is 0.816. The smallest absolute Gasteiger partial charge is 0.273 e. The minimum absolute atomic E-state index is 0.164. The second-order valence-electron chi connectivity index (χ2n) is 5.33. The lowest BCUT2D eigenvalue weighted by molar-refractivity contribution is 0.0374. The van der Waals surface area contributed by atoms with Gasteiger partial charge in [-0.25, -0.2) is 0 Å². The zero-order valence-corrected chi connectivity index (χ0v) is 12.2. The second-order valence-corrected chi connectivity index (χ2v) is 5.33. The normalized spacial score (nSPS) is 16.6. The van der Waals surface area contributed by atoms with Gasteiger partial charge >= 0.3 is 0 Å². The largest absolute Gasteiger partial charge is 0.379 e. The van der Waals surface area contributed by atoms with Gasteiger partial charge in [0.25, 0.3) is 5.91 Å². The molecular formula is C14H23N3O3. The Morgan fingerprint density at radius 1 is 1.45 bits per heavy atom. The van der Waals surface area contributed by atoms with Crippen molar-refractivity contribution in [3.8, 4) is 0 Å². The maximum atomic E-state index is 11.9. The van der Waals surface area contributed by atoms with Crippen LogP contribution in [-0.2, 0) is 4.74 Å². The van der Waals surface area contributed by atoms with Crippen molar-refractivity contribution in [3.63, 3.8) is 0 Å². The first kappa shape index (κ1) is 15.0. The highest BCUT2D eigenvalue weighted by Crippen LogP contribution is 2.14. The molecule has 20 heavy (non-hydrogen) atoms. The maximum absolute atomic E-state index is 11.9. The zero-order valence-electron chi connectivity index (χ0n) is 12.2. The molecule has 1 aromatic heterocycles. The van der Waals surface area contributed by atoms with Crippen LogP contribution in [0.15, 0.2) is 10.6 Å². The number of hydrogen-bond acceptors (Lipinski definition) is 5. The van der Waals surface area contributed by atoms with Gasteiger partial charge in [-0.05, 0) is 13.0 Å². The van der Waals surface area contributed by atoms with Crippen molar-refractivity contribution < 1.29 is 14.1 Å². The molecule has 1 saturated heterocycles. The minimum atomic E-state index is -0.164. The number of carbonyl (C=O) groups excluding carboxylic acids is 1. The summed E-state index contributed by atoms with van der Waals surface area (Å²) in [6, 6.07) is 1.71. The molecule has 0 saturated carbocycles. The monoisotopic (exact) mass is 281 g/mol. The molecule has 0 spiro atoms. The molecule has 1 aromatic rings. The molecule has 1 aliphatic heterocycles. The van der Waals surface area contributed by atoms with E-state index >= 15 is 0 Å². The highest BCUT2D eigenvalue weighted by atomic mass is 16.5. The molecular weight excluding hydrogens is 258 g/mol. The number of aromatic nitrogens is 1. The average molecular weight is 281 g/mol. The van der Waals surface area contributed by atoms with E-state index in [1.165, 1.54) is 0 Å². The van der Waals surface area contributed by atoms with E-state index in [-0.39, 0.29) is 11.8 Å². The van der Waals surface area contributed by atoms with Crippen LogP contribution in [0.5, 0.6) is 0 Å². The Balaban J connectivity index is 1.66. The van der Waals surface area contributed by atoms with Crippen molar-refractivity contribution in [2.75, 3.05) is 39.4 Å². The lowest BCUT2D eigenvalue weighted by Gasteiger charge is -2.26. The molecule has 1 aliphatic rings. The summed E-state index contributed by atoms with van der Waals surface area (Å²) in [6.45, 7) is 9.23. The second kappa shape index (κ2) is 7.40. The Labute approximate surface area is 119 Å². The van der Waals surface area contributed by atoms with Gasteiger partial charge in [0.1, 0.15) is 5.76 Å². The van der Waals surface area contributed by atoms with Gasteiger partial charge in [0.2, 0.25) is 0 Å². The van der Waals surface area contributed by atoms with Crippen LogP contribution in [0.3, 0.4) is 0 Å². The first-order valence-corrected chi connectivity index (χ1v) is 7.21. The number of morpholine rings is 1. The van der Waals surface area contributed by atoms with Gasteiger partial charge in [0.05, 0.1) is 13.2 Å². The minimum Gasteiger partial charge on any atom is -0.379 e. The third-order valence-corrected chi connectivity index (χ3v) is 3.37. The Kier molecular flexibility index (Phi) is 5.55. The van der Waals surface area contributed by atoms with Crippen molar-refractivity contribution in [2.24, 2.45) is 0 Å². The van der Waals surface area contributed by atoms with E-state index in [4.69, 9.17) is 9.26 Å². The van der Waals surface area contributed by atoms with E-state index in [2.05, 4.69) is 15.4 Å². The number of nitrogens with zero attached hydrogens (tertiary/aromatic N) is 2. The fourth-order valence-corrected chi connectivity index (χ4v) is 2.09. The highest BCUT2D eigenvalue weighted by Gasteiger charge is 2.14. The first-order valence-electron chi connectivity index (χ1n) is 7.21. The summed E-state index contributed by atoms with van der Waals surface area (Å²) in [7, 11) is 0. The average Bonchev–Trinajstić information content (AvgIpc) is 2.94. The number of hydrogen-bond donors (Lipinski definition) is 1. The summed E-state index contributed by atoms with van der Waals surface area (Å²) in [4.78, 5) is 14.2. The van der Waals surface area contributed by atoms with Crippen LogP contribution in [-0.4, -0.2) is 55.4 Å². The zero-order chi connectivity index (χ0) is 14.4. The van der Waals surface area contributed by atoms with E-state index < -0.39 is 0 Å². The summed E-state index contributed by atoms with van der Waals surface area (Å²) < 4.78 is 10.4. The fourth-order valence-electron chi connectivity index (χ4n) is 2.09. The number of rotatable bonds is 6. The van der Waals surface area contributed by atoms with Gasteiger partial charge < -0.3 is 14.6 Å². The molecule has 6 nitrogen and oxygen atoms in total. The van der Waals surface area contributed by atoms with Gasteiger partial charge in [-0.1, -0.05) is 19.0 Å². The van der Waals surface area contributed by atoms with Gasteiger partial charge in [0, 0.05) is 31.6 Å². The third kappa shape index (κ3) is 4.31. The van der Waals surface area contributed by atoms with Crippen LogP contribution in [0.4, 0.5) is 0 Å². The van der Waals surface area contributed by atoms with Crippen LogP contribution in [0, 0.1) is 0 Å². The van der Waals surface area contributed by atoms with Crippen molar-refractivity contribution in [1.82, 2.24) is 15.4 Å². The van der Waals surface area contributed by atoms with E-state index in [9.17, 15) is 4.79 Å². The molecule has 0 aromatic carbocycles. The molecule has 112 valence electrons. The van der Waals surface area contributed by atoms with E-state index in [0.717, 1.165) is 45.0 Å². The van der Waals surface area contributed by atoms with Crippen molar-refractivity contribution in [3.05, 3.63) is 17.5 Å². The van der Waals surface area contributed by atoms with E-state index in [0.29, 0.717) is 12.2 Å². The van der Waals surface area contributed by atoms with Crippen LogP contribution in [0.25, 0.3) is 0 Å². The summed E-state index contributed by atoms with van der Waals surface area (Å²) in [6.07, 6.45) is 0.931. The molecule has 6 heteroatoms. The number of carbonyl (C=O) groups is 1. The molecule has 0 unspecified atom stereocenters. The Bertz CT molecular complexity index is 425. The summed E-state index contributed by atoms with van der Waals surface area (Å²) >= 11 is 0. The fraction of sp³-hybridized carbons (Fsp3) is 0.714. The predicted molar refractivity (Wildman–Crippen MR) is 74.8 cm³/mol. The topological polar surface area (TPSA) is 67.6 Å². The van der Waals surface area contributed by atoms with E-state index in [1.807, 2.05) is 13.8 Å². The molecule has 2 rings (SSSR count). The molecule has 2 heterocycles. The summed E-state index contributed by atoms with van der Waals surface area (Å²) in [5.41, 5.74) is 0.361. The Morgan fingerprint density at radius 2 is 2.20 bits per heavy atom. The van der Waals surface area contributed by atoms with Crippen LogP contribution in [0.1, 0.15) is 42.4 Å². The maximum Gasteiger partial charge on any atom is 0.273 e. The molecule has 1 N–H and O–H groups in total. The first-order chi connectivity index (χ1) is 9.66. The van der Waals surface area contributed by atoms with Crippen molar-refractivity contribution in [2.45, 2.75) is 26.2 Å². The standard InChI is InChI=1S/C14H23N3O3/c1-11(2)13-10-12(16-20-13)14(18)15-4-3-5-17-6-8-19-9-7-17/h10-11H,3-9H2,1-2H3,(H,15,18). The molecule has 0 aliphatic carbocycles. The van der Waals surface area contributed by atoms with Crippen LogP contribution in [0.2, 0.25) is 0 Å². The van der Waals surface area contributed by atoms with Gasteiger partial charge in [-0.2, -0.15) is 0 Å². The number of ether oxygens (including phenoxy) is 1. The van der Waals surface area contributed by atoms with Gasteiger partial charge in [-0.15, -0.1) is 0 Å². The Morgan fingerprint density at radius 3 is 2.85 bits per heavy atom. The molecule has 0 bridgehead atoms. The lowest BCUT2D eigenvalue weighted by Crippen LogP contribution is -2.38. The lowest BCUT2D eigenvalue weighted by atomic mass is 10.1. The van der Waals surface area contributed by atoms with Crippen LogP contribution < -0.4 is 5.32 Å². The van der Waals surface area contributed by atoms with Gasteiger partial charge in [0.15, 0.2) is 5.69 Å². The third-order valence-electron chi connectivity index (χ3n) is 3.37. The number of nitrogens with one attached hydrogen (secondary N) is 1. The molecule has 0 radical (unpaired) electrons. The SMILES string of the molecule is CC(C)c1cc(C(=O)NCCCN2CCOCC2)no1. The van der Waals surface area contributed by atoms with Crippen LogP contribution >= 0.6 is 0 Å². The van der Waals surface area contributed by atoms with Crippen molar-refractivity contribution >= 4 is 5.91 Å².